The molecule has 0 spiro atoms. The van der Waals surface area contributed by atoms with Crippen LogP contribution in [-0.4, -0.2) is 15.1 Å². The first kappa shape index (κ1) is 14.1. The van der Waals surface area contributed by atoms with Crippen molar-refractivity contribution >= 4 is 23.2 Å². The lowest BCUT2D eigenvalue weighted by atomic mass is 10.0. The lowest BCUT2D eigenvalue weighted by Crippen LogP contribution is -2.01. The molecule has 0 saturated heterocycles. The quantitative estimate of drug-likeness (QED) is 0.825. The molecule has 0 aliphatic carbocycles. The summed E-state index contributed by atoms with van der Waals surface area (Å²) >= 11 is 12.1. The van der Waals surface area contributed by atoms with Crippen molar-refractivity contribution in [2.45, 2.75) is 26.7 Å². The van der Waals surface area contributed by atoms with E-state index in [-0.39, 0.29) is 16.7 Å². The zero-order valence-corrected chi connectivity index (χ0v) is 12.4. The van der Waals surface area contributed by atoms with Gasteiger partial charge >= 0.3 is 0 Å². The third kappa shape index (κ3) is 2.82. The van der Waals surface area contributed by atoms with Crippen LogP contribution in [0.4, 0.5) is 0 Å². The van der Waals surface area contributed by atoms with Gasteiger partial charge in [0.2, 0.25) is 0 Å². The first-order chi connectivity index (χ1) is 8.90. The van der Waals surface area contributed by atoms with Crippen LogP contribution in [0, 0.1) is 6.92 Å². The smallest absolute Gasteiger partial charge is 0.161 e. The summed E-state index contributed by atoms with van der Waals surface area (Å²) in [5.41, 5.74) is 2.53. The van der Waals surface area contributed by atoms with Crippen LogP contribution in [0.3, 0.4) is 0 Å². The molecule has 5 heteroatoms. The fraction of sp³-hybridized carbons (Fsp3) is 0.286. The molecule has 2 aromatic rings. The zero-order chi connectivity index (χ0) is 14.2. The molecule has 0 radical (unpaired) electrons. The van der Waals surface area contributed by atoms with Crippen LogP contribution in [0.15, 0.2) is 18.2 Å². The molecule has 1 N–H and O–H groups in total. The number of nitrogens with zero attached hydrogens (tertiary/aromatic N) is 2. The molecule has 1 aromatic heterocycles. The van der Waals surface area contributed by atoms with Gasteiger partial charge in [0.15, 0.2) is 5.82 Å². The minimum Gasteiger partial charge on any atom is -0.506 e. The van der Waals surface area contributed by atoms with Crippen molar-refractivity contribution in [3.8, 4) is 17.1 Å². The highest BCUT2D eigenvalue weighted by Gasteiger charge is 2.14. The highest BCUT2D eigenvalue weighted by atomic mass is 35.5. The fourth-order valence-corrected chi connectivity index (χ4v) is 2.59. The Balaban J connectivity index is 2.55. The number of phenolic OH excluding ortho intramolecular Hbond substituents is 1. The Kier molecular flexibility index (Phi) is 3.97. The van der Waals surface area contributed by atoms with Gasteiger partial charge in [-0.2, -0.15) is 0 Å². The lowest BCUT2D eigenvalue weighted by molar-refractivity contribution is 0.475. The second-order valence-corrected chi connectivity index (χ2v) is 5.42. The van der Waals surface area contributed by atoms with Crippen LogP contribution in [0.1, 0.15) is 31.0 Å². The van der Waals surface area contributed by atoms with Gasteiger partial charge in [-0.25, -0.2) is 9.97 Å². The summed E-state index contributed by atoms with van der Waals surface area (Å²) in [5, 5.41) is 10.1. The summed E-state index contributed by atoms with van der Waals surface area (Å²) in [7, 11) is 0. The van der Waals surface area contributed by atoms with E-state index in [0.29, 0.717) is 11.0 Å². The number of benzene rings is 1. The first-order valence-corrected chi connectivity index (χ1v) is 6.68. The van der Waals surface area contributed by atoms with Gasteiger partial charge in [0.05, 0.1) is 5.02 Å². The predicted octanol–water partition coefficient (Wildman–Crippen LogP) is 4.59. The average Bonchev–Trinajstić information content (AvgIpc) is 2.31. The summed E-state index contributed by atoms with van der Waals surface area (Å²) in [6, 6.07) is 4.85. The zero-order valence-electron chi connectivity index (χ0n) is 10.9. The SMILES string of the molecule is Cc1nc(-c2ccc(O)c(Cl)c2)nc(Cl)c1C(C)C. The van der Waals surface area contributed by atoms with E-state index in [4.69, 9.17) is 23.2 Å². The molecule has 0 unspecified atom stereocenters. The van der Waals surface area contributed by atoms with Gasteiger partial charge in [-0.3, -0.25) is 0 Å². The van der Waals surface area contributed by atoms with E-state index in [2.05, 4.69) is 23.8 Å². The molecule has 0 bridgehead atoms. The van der Waals surface area contributed by atoms with Gasteiger partial charge in [-0.1, -0.05) is 37.0 Å². The van der Waals surface area contributed by atoms with E-state index in [9.17, 15) is 5.11 Å². The van der Waals surface area contributed by atoms with Crippen LogP contribution in [0.5, 0.6) is 5.75 Å². The van der Waals surface area contributed by atoms with Crippen molar-refractivity contribution in [1.82, 2.24) is 9.97 Å². The number of hydrogen-bond donors (Lipinski definition) is 1. The second kappa shape index (κ2) is 5.35. The Hall–Kier alpha value is -1.32. The van der Waals surface area contributed by atoms with E-state index in [1.54, 1.807) is 12.1 Å². The maximum Gasteiger partial charge on any atom is 0.161 e. The third-order valence-corrected chi connectivity index (χ3v) is 3.46. The van der Waals surface area contributed by atoms with Crippen molar-refractivity contribution in [2.75, 3.05) is 0 Å². The van der Waals surface area contributed by atoms with E-state index >= 15 is 0 Å². The summed E-state index contributed by atoms with van der Waals surface area (Å²) < 4.78 is 0. The number of aromatic nitrogens is 2. The molecule has 2 rings (SSSR count). The Labute approximate surface area is 122 Å². The maximum atomic E-state index is 9.42. The van der Waals surface area contributed by atoms with Crippen molar-refractivity contribution in [3.05, 3.63) is 39.6 Å². The summed E-state index contributed by atoms with van der Waals surface area (Å²) in [6.45, 7) is 6.01. The summed E-state index contributed by atoms with van der Waals surface area (Å²) in [4.78, 5) is 8.77. The largest absolute Gasteiger partial charge is 0.506 e. The topological polar surface area (TPSA) is 46.0 Å². The fourth-order valence-electron chi connectivity index (χ4n) is 1.98. The van der Waals surface area contributed by atoms with Gasteiger partial charge in [-0.05, 0) is 31.0 Å². The standard InChI is InChI=1S/C14H14Cl2N2O/c1-7(2)12-8(3)17-14(18-13(12)16)9-4-5-11(19)10(15)6-9/h4-7,19H,1-3H3. The minimum absolute atomic E-state index is 0.0343. The molecule has 19 heavy (non-hydrogen) atoms. The van der Waals surface area contributed by atoms with Crippen LogP contribution in [0.2, 0.25) is 10.2 Å². The second-order valence-electron chi connectivity index (χ2n) is 4.66. The highest BCUT2D eigenvalue weighted by Crippen LogP contribution is 2.31. The van der Waals surface area contributed by atoms with Gasteiger partial charge < -0.3 is 5.11 Å². The molecular weight excluding hydrogens is 283 g/mol. The van der Waals surface area contributed by atoms with Gasteiger partial charge in [-0.15, -0.1) is 0 Å². The number of aromatic hydroxyl groups is 1. The Morgan fingerprint density at radius 3 is 2.37 bits per heavy atom. The van der Waals surface area contributed by atoms with Crippen LogP contribution in [-0.2, 0) is 0 Å². The monoisotopic (exact) mass is 296 g/mol. The molecule has 3 nitrogen and oxygen atoms in total. The Bertz CT molecular complexity index is 604. The maximum absolute atomic E-state index is 9.42. The molecule has 0 amide bonds. The number of rotatable bonds is 2. The molecule has 1 aromatic carbocycles. The molecular formula is C14H14Cl2N2O. The molecule has 0 fully saturated rings. The number of halogens is 2. The summed E-state index contributed by atoms with van der Waals surface area (Å²) in [5.74, 6) is 0.811. The van der Waals surface area contributed by atoms with Crippen LogP contribution in [0.25, 0.3) is 11.4 Å². The van der Waals surface area contributed by atoms with Crippen LogP contribution < -0.4 is 0 Å². The van der Waals surface area contributed by atoms with Crippen molar-refractivity contribution in [2.24, 2.45) is 0 Å². The van der Waals surface area contributed by atoms with E-state index in [1.807, 2.05) is 6.92 Å². The minimum atomic E-state index is 0.0343. The molecule has 100 valence electrons. The lowest BCUT2D eigenvalue weighted by Gasteiger charge is -2.12. The summed E-state index contributed by atoms with van der Waals surface area (Å²) in [6.07, 6.45) is 0. The third-order valence-electron chi connectivity index (χ3n) is 2.87. The number of phenols is 1. The predicted molar refractivity (Wildman–Crippen MR) is 78.0 cm³/mol. The van der Waals surface area contributed by atoms with E-state index in [1.165, 1.54) is 6.07 Å². The van der Waals surface area contributed by atoms with E-state index < -0.39 is 0 Å². The average molecular weight is 297 g/mol. The van der Waals surface area contributed by atoms with Crippen molar-refractivity contribution in [1.29, 1.82) is 0 Å². The molecule has 0 aliphatic heterocycles. The van der Waals surface area contributed by atoms with Gasteiger partial charge in [0, 0.05) is 16.8 Å². The highest BCUT2D eigenvalue weighted by molar-refractivity contribution is 6.32. The van der Waals surface area contributed by atoms with Gasteiger partial charge in [0.25, 0.3) is 0 Å². The molecule has 0 saturated carbocycles. The Morgan fingerprint density at radius 2 is 1.84 bits per heavy atom. The first-order valence-electron chi connectivity index (χ1n) is 5.93. The molecule has 1 heterocycles. The molecule has 0 atom stereocenters. The molecule has 0 aliphatic rings. The number of hydrogen-bond acceptors (Lipinski definition) is 3. The van der Waals surface area contributed by atoms with E-state index in [0.717, 1.165) is 16.8 Å². The van der Waals surface area contributed by atoms with Crippen LogP contribution >= 0.6 is 23.2 Å². The van der Waals surface area contributed by atoms with Gasteiger partial charge in [0.1, 0.15) is 10.9 Å². The normalized spacial score (nSPS) is 11.1. The van der Waals surface area contributed by atoms with Crippen molar-refractivity contribution in [3.63, 3.8) is 0 Å². The van der Waals surface area contributed by atoms with Crippen molar-refractivity contribution < 1.29 is 5.11 Å². The Morgan fingerprint density at radius 1 is 1.16 bits per heavy atom. The number of aryl methyl sites for hydroxylation is 1.